The molecular formula is C20H19NO4. The normalized spacial score (nSPS) is 11.7. The van der Waals surface area contributed by atoms with Crippen molar-refractivity contribution in [3.05, 3.63) is 64.0 Å². The van der Waals surface area contributed by atoms with E-state index in [4.69, 9.17) is 9.15 Å². The van der Waals surface area contributed by atoms with Crippen molar-refractivity contribution in [1.82, 2.24) is 0 Å². The van der Waals surface area contributed by atoms with Crippen LogP contribution in [0.5, 0.6) is 11.5 Å². The molecule has 3 rings (SSSR count). The van der Waals surface area contributed by atoms with Gasteiger partial charge in [-0.25, -0.2) is 4.79 Å². The highest BCUT2D eigenvalue weighted by Crippen LogP contribution is 2.30. The molecule has 0 fully saturated rings. The van der Waals surface area contributed by atoms with Crippen molar-refractivity contribution in [2.24, 2.45) is 4.99 Å². The highest BCUT2D eigenvalue weighted by Gasteiger charge is 2.14. The van der Waals surface area contributed by atoms with Crippen LogP contribution >= 0.6 is 0 Å². The van der Waals surface area contributed by atoms with E-state index in [0.717, 1.165) is 16.7 Å². The van der Waals surface area contributed by atoms with Gasteiger partial charge in [0.2, 0.25) is 0 Å². The van der Waals surface area contributed by atoms with Gasteiger partial charge in [0, 0.05) is 11.5 Å². The van der Waals surface area contributed by atoms with E-state index in [-0.39, 0.29) is 5.75 Å². The second-order valence-corrected chi connectivity index (χ2v) is 5.71. The molecule has 0 amide bonds. The average molecular weight is 337 g/mol. The topological polar surface area (TPSA) is 72.0 Å². The van der Waals surface area contributed by atoms with Crippen molar-refractivity contribution in [1.29, 1.82) is 0 Å². The van der Waals surface area contributed by atoms with Crippen molar-refractivity contribution in [3.8, 4) is 11.5 Å². The molecule has 0 aliphatic rings. The van der Waals surface area contributed by atoms with Gasteiger partial charge in [-0.3, -0.25) is 4.99 Å². The van der Waals surface area contributed by atoms with E-state index in [1.54, 1.807) is 19.1 Å². The van der Waals surface area contributed by atoms with E-state index in [9.17, 15) is 9.90 Å². The number of aliphatic imine (C=N–C) groups is 1. The molecule has 25 heavy (non-hydrogen) atoms. The highest BCUT2D eigenvalue weighted by atomic mass is 16.5. The van der Waals surface area contributed by atoms with Gasteiger partial charge in [0.25, 0.3) is 0 Å². The van der Waals surface area contributed by atoms with Crippen LogP contribution in [0.2, 0.25) is 0 Å². The number of rotatable bonds is 4. The molecule has 0 aliphatic carbocycles. The molecule has 1 N–H and O–H groups in total. The van der Waals surface area contributed by atoms with Gasteiger partial charge in [0.05, 0.1) is 23.6 Å². The zero-order valence-electron chi connectivity index (χ0n) is 14.4. The third kappa shape index (κ3) is 3.40. The summed E-state index contributed by atoms with van der Waals surface area (Å²) in [6.45, 7) is 6.13. The minimum absolute atomic E-state index is 0.0217. The fourth-order valence-corrected chi connectivity index (χ4v) is 2.76. The number of hydrogen-bond acceptors (Lipinski definition) is 5. The summed E-state index contributed by atoms with van der Waals surface area (Å²) in [7, 11) is 0. The summed E-state index contributed by atoms with van der Waals surface area (Å²) in [5, 5.41) is 11.1. The first-order valence-corrected chi connectivity index (χ1v) is 8.04. The second kappa shape index (κ2) is 6.81. The molecule has 1 heterocycles. The molecule has 128 valence electrons. The van der Waals surface area contributed by atoms with Crippen LogP contribution in [0.3, 0.4) is 0 Å². The number of hydrogen-bond donors (Lipinski definition) is 1. The first-order valence-electron chi connectivity index (χ1n) is 8.04. The molecule has 0 aliphatic heterocycles. The first-order chi connectivity index (χ1) is 12.0. The fourth-order valence-electron chi connectivity index (χ4n) is 2.76. The molecule has 0 spiro atoms. The summed E-state index contributed by atoms with van der Waals surface area (Å²) < 4.78 is 10.8. The van der Waals surface area contributed by atoms with Gasteiger partial charge in [0.1, 0.15) is 11.5 Å². The Kier molecular flexibility index (Phi) is 4.57. The smallest absolute Gasteiger partial charge is 0.336 e. The van der Waals surface area contributed by atoms with E-state index in [1.807, 2.05) is 38.1 Å². The number of ether oxygens (including phenoxy) is 1. The summed E-state index contributed by atoms with van der Waals surface area (Å²) in [4.78, 5) is 16.3. The molecular weight excluding hydrogens is 318 g/mol. The predicted octanol–water partition coefficient (Wildman–Crippen LogP) is 4.35. The SMILES string of the molecule is CCOc1ccc(N=C(C)c2c(O)ccc3c(C)cc(=O)oc23)cc1. The first kappa shape index (κ1) is 16.8. The van der Waals surface area contributed by atoms with Gasteiger partial charge in [-0.15, -0.1) is 0 Å². The molecule has 2 aromatic carbocycles. The molecule has 5 heteroatoms. The molecule has 0 bridgehead atoms. The minimum Gasteiger partial charge on any atom is -0.507 e. The van der Waals surface area contributed by atoms with E-state index < -0.39 is 5.63 Å². The van der Waals surface area contributed by atoms with Crippen LogP contribution in [-0.4, -0.2) is 17.4 Å². The Balaban J connectivity index is 2.11. The van der Waals surface area contributed by atoms with Crippen LogP contribution in [0.4, 0.5) is 5.69 Å². The number of phenolic OH excluding ortho intramolecular Hbond substituents is 1. The zero-order valence-corrected chi connectivity index (χ0v) is 14.4. The van der Waals surface area contributed by atoms with Crippen LogP contribution < -0.4 is 10.4 Å². The summed E-state index contributed by atoms with van der Waals surface area (Å²) >= 11 is 0. The van der Waals surface area contributed by atoms with E-state index >= 15 is 0 Å². The van der Waals surface area contributed by atoms with Gasteiger partial charge in [-0.05, 0) is 62.7 Å². The molecule has 0 atom stereocenters. The minimum atomic E-state index is -0.453. The fraction of sp³-hybridized carbons (Fsp3) is 0.200. The molecule has 1 aromatic heterocycles. The van der Waals surface area contributed by atoms with Crippen molar-refractivity contribution < 1.29 is 14.3 Å². The number of phenols is 1. The van der Waals surface area contributed by atoms with Crippen LogP contribution in [0.25, 0.3) is 11.0 Å². The average Bonchev–Trinajstić information content (AvgIpc) is 2.56. The molecule has 0 radical (unpaired) electrons. The van der Waals surface area contributed by atoms with E-state index in [2.05, 4.69) is 4.99 Å². The summed E-state index contributed by atoms with van der Waals surface area (Å²) in [6.07, 6.45) is 0. The molecule has 0 saturated heterocycles. The third-order valence-electron chi connectivity index (χ3n) is 3.90. The number of aromatic hydroxyl groups is 1. The molecule has 0 unspecified atom stereocenters. The molecule has 5 nitrogen and oxygen atoms in total. The maximum Gasteiger partial charge on any atom is 0.336 e. The Hall–Kier alpha value is -3.08. The largest absolute Gasteiger partial charge is 0.507 e. The maximum absolute atomic E-state index is 11.7. The quantitative estimate of drug-likeness (QED) is 0.567. The number of aryl methyl sites for hydroxylation is 1. The lowest BCUT2D eigenvalue weighted by Crippen LogP contribution is -2.03. The predicted molar refractivity (Wildman–Crippen MR) is 98.4 cm³/mol. The molecule has 3 aromatic rings. The monoisotopic (exact) mass is 337 g/mol. The molecule has 0 saturated carbocycles. The Morgan fingerprint density at radius 2 is 1.92 bits per heavy atom. The van der Waals surface area contributed by atoms with Gasteiger partial charge in [0.15, 0.2) is 5.58 Å². The number of fused-ring (bicyclic) bond motifs is 1. The standard InChI is InChI=1S/C20H19NO4/c1-4-24-15-7-5-14(6-8-15)21-13(3)19-17(22)10-9-16-12(2)11-18(23)25-20(16)19/h5-11,22H,4H2,1-3H3. The zero-order chi connectivity index (χ0) is 18.0. The Bertz CT molecular complexity index is 1000. The van der Waals surface area contributed by atoms with Gasteiger partial charge < -0.3 is 14.3 Å². The van der Waals surface area contributed by atoms with Crippen LogP contribution in [0.1, 0.15) is 25.0 Å². The Morgan fingerprint density at radius 1 is 1.20 bits per heavy atom. The van der Waals surface area contributed by atoms with Crippen molar-refractivity contribution in [2.75, 3.05) is 6.61 Å². The van der Waals surface area contributed by atoms with Crippen molar-refractivity contribution in [3.63, 3.8) is 0 Å². The Labute approximate surface area is 145 Å². The van der Waals surface area contributed by atoms with Crippen LogP contribution in [0, 0.1) is 6.92 Å². The van der Waals surface area contributed by atoms with E-state index in [0.29, 0.717) is 29.2 Å². The lowest BCUT2D eigenvalue weighted by atomic mass is 10.0. The summed E-state index contributed by atoms with van der Waals surface area (Å²) in [6, 6.07) is 12.1. The van der Waals surface area contributed by atoms with Gasteiger partial charge in [-0.1, -0.05) is 0 Å². The second-order valence-electron chi connectivity index (χ2n) is 5.71. The number of benzene rings is 2. The van der Waals surface area contributed by atoms with Crippen LogP contribution in [-0.2, 0) is 0 Å². The van der Waals surface area contributed by atoms with Gasteiger partial charge in [-0.2, -0.15) is 0 Å². The highest BCUT2D eigenvalue weighted by molar-refractivity contribution is 6.11. The lowest BCUT2D eigenvalue weighted by Gasteiger charge is -2.09. The summed E-state index contributed by atoms with van der Waals surface area (Å²) in [5.41, 5.74) is 2.38. The van der Waals surface area contributed by atoms with E-state index in [1.165, 1.54) is 6.07 Å². The maximum atomic E-state index is 11.7. The third-order valence-corrected chi connectivity index (χ3v) is 3.90. The summed E-state index contributed by atoms with van der Waals surface area (Å²) in [5.74, 6) is 0.794. The number of nitrogens with zero attached hydrogens (tertiary/aromatic N) is 1. The Morgan fingerprint density at radius 3 is 2.60 bits per heavy atom. The van der Waals surface area contributed by atoms with Gasteiger partial charge >= 0.3 is 5.63 Å². The van der Waals surface area contributed by atoms with Crippen molar-refractivity contribution >= 4 is 22.4 Å². The van der Waals surface area contributed by atoms with Crippen molar-refractivity contribution in [2.45, 2.75) is 20.8 Å². The van der Waals surface area contributed by atoms with Crippen LogP contribution in [0.15, 0.2) is 56.7 Å². The lowest BCUT2D eigenvalue weighted by molar-refractivity contribution is 0.340.